The first-order chi connectivity index (χ1) is 20.2. The zero-order valence-corrected chi connectivity index (χ0v) is 25.2. The summed E-state index contributed by atoms with van der Waals surface area (Å²) < 4.78 is 17.3. The predicted molar refractivity (Wildman–Crippen MR) is 169 cm³/mol. The van der Waals surface area contributed by atoms with Crippen LogP contribution in [0.15, 0.2) is 66.7 Å². The highest BCUT2D eigenvalue weighted by Crippen LogP contribution is 2.39. The zero-order valence-electron chi connectivity index (χ0n) is 25.2. The molecule has 2 saturated heterocycles. The monoisotopic (exact) mass is 557 g/mol. The van der Waals surface area contributed by atoms with Crippen molar-refractivity contribution in [1.82, 2.24) is 4.90 Å². The predicted octanol–water partition coefficient (Wildman–Crippen LogP) is 6.98. The molecule has 2 aliphatic rings. The van der Waals surface area contributed by atoms with E-state index in [0.29, 0.717) is 5.92 Å². The fourth-order valence-corrected chi connectivity index (χ4v) is 6.26. The van der Waals surface area contributed by atoms with Gasteiger partial charge in [0.15, 0.2) is 0 Å². The standard InChI is InChI=1S/C35H47N3O3/c1-4-37(26-28-12-14-31(15-13-28)41-23-22-36-19-7-5-6-8-20-36)35-25-33(40-3)16-17-34(35)29-18-21-38(27-29)30-10-9-11-32(24-30)39-2/h9-17,24-25,29H,4-8,18-23,26-27H2,1-3H3. The van der Waals surface area contributed by atoms with E-state index in [1.54, 1.807) is 14.2 Å². The number of hydrogen-bond donors (Lipinski definition) is 0. The molecule has 2 fully saturated rings. The Morgan fingerprint density at radius 1 is 0.805 bits per heavy atom. The molecule has 0 saturated carbocycles. The molecular formula is C35H47N3O3. The summed E-state index contributed by atoms with van der Waals surface area (Å²) in [5.74, 6) is 3.22. The van der Waals surface area contributed by atoms with Crippen LogP contribution in [0.5, 0.6) is 17.2 Å². The van der Waals surface area contributed by atoms with Gasteiger partial charge in [-0.15, -0.1) is 0 Å². The molecule has 0 aromatic heterocycles. The summed E-state index contributed by atoms with van der Waals surface area (Å²) in [5.41, 5.74) is 5.17. The van der Waals surface area contributed by atoms with Crippen molar-refractivity contribution in [2.45, 2.75) is 51.5 Å². The van der Waals surface area contributed by atoms with Crippen molar-refractivity contribution in [3.63, 3.8) is 0 Å². The van der Waals surface area contributed by atoms with Crippen molar-refractivity contribution in [3.8, 4) is 17.2 Å². The minimum absolute atomic E-state index is 0.455. The zero-order chi connectivity index (χ0) is 28.4. The summed E-state index contributed by atoms with van der Waals surface area (Å²) in [6.07, 6.45) is 6.50. The Bertz CT molecular complexity index is 1220. The molecule has 1 unspecified atom stereocenters. The van der Waals surface area contributed by atoms with Crippen molar-refractivity contribution >= 4 is 11.4 Å². The Kier molecular flexibility index (Phi) is 10.3. The summed E-state index contributed by atoms with van der Waals surface area (Å²) >= 11 is 0. The number of likely N-dealkylation sites (tertiary alicyclic amines) is 1. The topological polar surface area (TPSA) is 37.4 Å². The molecule has 0 bridgehead atoms. The third kappa shape index (κ3) is 7.68. The van der Waals surface area contributed by atoms with E-state index in [1.807, 2.05) is 6.07 Å². The summed E-state index contributed by atoms with van der Waals surface area (Å²) in [7, 11) is 3.48. The largest absolute Gasteiger partial charge is 0.497 e. The van der Waals surface area contributed by atoms with Crippen LogP contribution in [0.4, 0.5) is 11.4 Å². The molecule has 3 aromatic rings. The second-order valence-corrected chi connectivity index (χ2v) is 11.3. The molecule has 2 heterocycles. The van der Waals surface area contributed by atoms with E-state index < -0.39 is 0 Å². The van der Waals surface area contributed by atoms with Gasteiger partial charge in [0, 0.05) is 62.1 Å². The summed E-state index contributed by atoms with van der Waals surface area (Å²) in [6.45, 7) is 10.2. The van der Waals surface area contributed by atoms with Crippen molar-refractivity contribution in [1.29, 1.82) is 0 Å². The molecule has 0 amide bonds. The molecule has 0 aliphatic carbocycles. The Labute approximate surface area is 246 Å². The van der Waals surface area contributed by atoms with Gasteiger partial charge in [0.25, 0.3) is 0 Å². The van der Waals surface area contributed by atoms with E-state index in [4.69, 9.17) is 14.2 Å². The van der Waals surface area contributed by atoms with E-state index in [0.717, 1.165) is 63.0 Å². The van der Waals surface area contributed by atoms with Gasteiger partial charge < -0.3 is 24.0 Å². The lowest BCUT2D eigenvalue weighted by Gasteiger charge is -2.29. The summed E-state index contributed by atoms with van der Waals surface area (Å²) in [5, 5.41) is 0. The number of nitrogens with zero attached hydrogens (tertiary/aromatic N) is 3. The van der Waals surface area contributed by atoms with Crippen LogP contribution in [-0.2, 0) is 6.54 Å². The van der Waals surface area contributed by atoms with Gasteiger partial charge in [0.1, 0.15) is 23.9 Å². The van der Waals surface area contributed by atoms with E-state index in [9.17, 15) is 0 Å². The van der Waals surface area contributed by atoms with Crippen LogP contribution in [0.1, 0.15) is 56.1 Å². The fraction of sp³-hybridized carbons (Fsp3) is 0.486. The van der Waals surface area contributed by atoms with Gasteiger partial charge >= 0.3 is 0 Å². The van der Waals surface area contributed by atoms with E-state index in [1.165, 1.54) is 61.3 Å². The van der Waals surface area contributed by atoms with Gasteiger partial charge in [0.05, 0.1) is 14.2 Å². The van der Waals surface area contributed by atoms with Crippen molar-refractivity contribution < 1.29 is 14.2 Å². The number of anilines is 2. The fourth-order valence-electron chi connectivity index (χ4n) is 6.26. The van der Waals surface area contributed by atoms with Crippen molar-refractivity contribution in [2.75, 3.05) is 69.9 Å². The SMILES string of the molecule is CCN(Cc1ccc(OCCN2CCCCCC2)cc1)c1cc(OC)ccc1C1CCN(c2cccc(OC)c2)C1. The molecule has 6 nitrogen and oxygen atoms in total. The van der Waals surface area contributed by atoms with Crippen molar-refractivity contribution in [3.05, 3.63) is 77.9 Å². The molecule has 220 valence electrons. The molecule has 3 aromatic carbocycles. The first-order valence-electron chi connectivity index (χ1n) is 15.4. The summed E-state index contributed by atoms with van der Waals surface area (Å²) in [4.78, 5) is 7.50. The Balaban J connectivity index is 1.24. The van der Waals surface area contributed by atoms with E-state index >= 15 is 0 Å². The third-order valence-corrected chi connectivity index (χ3v) is 8.68. The van der Waals surface area contributed by atoms with Gasteiger partial charge in [-0.05, 0) is 80.7 Å². The number of methoxy groups -OCH3 is 2. The van der Waals surface area contributed by atoms with E-state index in [-0.39, 0.29) is 0 Å². The van der Waals surface area contributed by atoms with Gasteiger partial charge in [0.2, 0.25) is 0 Å². The molecule has 0 radical (unpaired) electrons. The van der Waals surface area contributed by atoms with Gasteiger partial charge in [-0.25, -0.2) is 0 Å². The van der Waals surface area contributed by atoms with Crippen LogP contribution in [0.2, 0.25) is 0 Å². The second-order valence-electron chi connectivity index (χ2n) is 11.3. The highest BCUT2D eigenvalue weighted by atomic mass is 16.5. The average molecular weight is 558 g/mol. The van der Waals surface area contributed by atoms with Crippen molar-refractivity contribution in [2.24, 2.45) is 0 Å². The van der Waals surface area contributed by atoms with Gasteiger partial charge in [-0.2, -0.15) is 0 Å². The highest BCUT2D eigenvalue weighted by molar-refractivity contribution is 5.61. The molecule has 1 atom stereocenters. The Hall–Kier alpha value is -3.38. The number of ether oxygens (including phenoxy) is 3. The molecule has 2 aliphatic heterocycles. The van der Waals surface area contributed by atoms with Crippen LogP contribution in [0.25, 0.3) is 0 Å². The first kappa shape index (κ1) is 29.1. The lowest BCUT2D eigenvalue weighted by atomic mass is 9.95. The maximum Gasteiger partial charge on any atom is 0.120 e. The number of rotatable bonds is 12. The molecule has 6 heteroatoms. The van der Waals surface area contributed by atoms with Crippen LogP contribution < -0.4 is 24.0 Å². The van der Waals surface area contributed by atoms with E-state index in [2.05, 4.69) is 82.3 Å². The minimum Gasteiger partial charge on any atom is -0.497 e. The maximum absolute atomic E-state index is 6.11. The lowest BCUT2D eigenvalue weighted by Crippen LogP contribution is -2.29. The Morgan fingerprint density at radius 2 is 1.54 bits per heavy atom. The lowest BCUT2D eigenvalue weighted by molar-refractivity contribution is 0.214. The second kappa shape index (κ2) is 14.5. The maximum atomic E-state index is 6.11. The number of hydrogen-bond acceptors (Lipinski definition) is 6. The summed E-state index contributed by atoms with van der Waals surface area (Å²) in [6, 6.07) is 23.7. The van der Waals surface area contributed by atoms with Gasteiger partial charge in [-0.1, -0.05) is 37.1 Å². The smallest absolute Gasteiger partial charge is 0.120 e. The van der Waals surface area contributed by atoms with Crippen LogP contribution >= 0.6 is 0 Å². The minimum atomic E-state index is 0.455. The molecule has 5 rings (SSSR count). The molecule has 0 N–H and O–H groups in total. The number of benzene rings is 3. The van der Waals surface area contributed by atoms with Crippen LogP contribution in [-0.4, -0.2) is 65.0 Å². The first-order valence-corrected chi connectivity index (χ1v) is 15.4. The quantitative estimate of drug-likeness (QED) is 0.239. The van der Waals surface area contributed by atoms with Crippen LogP contribution in [0.3, 0.4) is 0 Å². The molecular weight excluding hydrogens is 510 g/mol. The Morgan fingerprint density at radius 3 is 2.27 bits per heavy atom. The van der Waals surface area contributed by atoms with Crippen LogP contribution in [0, 0.1) is 0 Å². The normalized spacial score (nSPS) is 17.7. The van der Waals surface area contributed by atoms with Gasteiger partial charge in [-0.3, -0.25) is 4.90 Å². The third-order valence-electron chi connectivity index (χ3n) is 8.68. The molecule has 0 spiro atoms. The highest BCUT2D eigenvalue weighted by Gasteiger charge is 2.28. The average Bonchev–Trinajstić information content (AvgIpc) is 3.37. The molecule has 41 heavy (non-hydrogen) atoms.